The highest BCUT2D eigenvalue weighted by atomic mass is 31.2. The lowest BCUT2D eigenvalue weighted by Crippen LogP contribution is -1.99. The Kier molecular flexibility index (Phi) is 7.19. The van der Waals surface area contributed by atoms with Crippen LogP contribution in [0, 0.1) is 0 Å². The first-order valence-corrected chi connectivity index (χ1v) is 5.70. The number of phosphoric ester groups is 1. The van der Waals surface area contributed by atoms with E-state index in [9.17, 15) is 4.57 Å². The Labute approximate surface area is 79.5 Å². The Hall–Kier alpha value is -0.150. The van der Waals surface area contributed by atoms with Crippen molar-refractivity contribution < 1.29 is 18.1 Å². The Morgan fingerprint density at radius 3 is 2.62 bits per heavy atom. The van der Waals surface area contributed by atoms with Crippen molar-refractivity contribution >= 4 is 7.82 Å². The van der Waals surface area contributed by atoms with Gasteiger partial charge in [-0.05, 0) is 6.42 Å². The molecular weight excluding hydrogens is 191 g/mol. The minimum absolute atomic E-state index is 0.164. The molecule has 5 heteroatoms. The highest BCUT2D eigenvalue weighted by molar-refractivity contribution is 7.48. The number of hydrogen-bond donors (Lipinski definition) is 0. The fourth-order valence-electron chi connectivity index (χ4n) is 0.607. The molecule has 4 nitrogen and oxygen atoms in total. The fourth-order valence-corrected chi connectivity index (χ4v) is 1.53. The number of unbranched alkanes of at least 4 members (excludes halogenated alkanes) is 1. The van der Waals surface area contributed by atoms with E-state index in [0.717, 1.165) is 12.8 Å². The van der Waals surface area contributed by atoms with Crippen LogP contribution in [-0.4, -0.2) is 20.3 Å². The summed E-state index contributed by atoms with van der Waals surface area (Å²) in [6.45, 7) is 6.01. The van der Waals surface area contributed by atoms with Gasteiger partial charge in [0.1, 0.15) is 0 Å². The summed E-state index contributed by atoms with van der Waals surface area (Å²) in [5.41, 5.74) is 0. The summed E-state index contributed by atoms with van der Waals surface area (Å²) >= 11 is 0. The zero-order valence-corrected chi connectivity index (χ0v) is 9.09. The van der Waals surface area contributed by atoms with Crippen molar-refractivity contribution in [2.45, 2.75) is 19.8 Å². The van der Waals surface area contributed by atoms with Gasteiger partial charge in [-0.3, -0.25) is 13.6 Å². The molecule has 1 unspecified atom stereocenters. The second kappa shape index (κ2) is 7.27. The van der Waals surface area contributed by atoms with Gasteiger partial charge in [-0.15, -0.1) is 6.58 Å². The molecule has 0 heterocycles. The Morgan fingerprint density at radius 2 is 2.15 bits per heavy atom. The standard InChI is InChI=1S/C8H17O4P/c1-4-6-8-12-13(9,10-3)11-7-5-2/h5H,2,4,6-8H2,1,3H3. The van der Waals surface area contributed by atoms with Gasteiger partial charge >= 0.3 is 7.82 Å². The van der Waals surface area contributed by atoms with E-state index in [1.54, 1.807) is 0 Å². The molecule has 0 aromatic rings. The third-order valence-corrected chi connectivity index (χ3v) is 2.73. The molecule has 0 aliphatic rings. The van der Waals surface area contributed by atoms with E-state index in [2.05, 4.69) is 11.1 Å². The van der Waals surface area contributed by atoms with Crippen molar-refractivity contribution in [2.24, 2.45) is 0 Å². The second-order valence-corrected chi connectivity index (χ2v) is 4.18. The molecule has 1 atom stereocenters. The summed E-state index contributed by atoms with van der Waals surface area (Å²) < 4.78 is 26.0. The molecule has 0 aromatic heterocycles. The summed E-state index contributed by atoms with van der Waals surface area (Å²) in [4.78, 5) is 0. The molecule has 0 saturated heterocycles. The van der Waals surface area contributed by atoms with Gasteiger partial charge in [-0.25, -0.2) is 4.57 Å². The summed E-state index contributed by atoms with van der Waals surface area (Å²) in [7, 11) is -2.02. The molecule has 0 radical (unpaired) electrons. The molecular formula is C8H17O4P. The Bertz CT molecular complexity index is 181. The largest absolute Gasteiger partial charge is 0.474 e. The smallest absolute Gasteiger partial charge is 0.290 e. The Balaban J connectivity index is 3.81. The third kappa shape index (κ3) is 5.99. The molecule has 0 aliphatic heterocycles. The molecule has 0 spiro atoms. The zero-order chi connectivity index (χ0) is 10.2. The van der Waals surface area contributed by atoms with Crippen molar-refractivity contribution in [3.8, 4) is 0 Å². The second-order valence-electron chi connectivity index (χ2n) is 2.40. The normalized spacial score (nSPS) is 15.2. The van der Waals surface area contributed by atoms with E-state index in [1.165, 1.54) is 13.2 Å². The van der Waals surface area contributed by atoms with Crippen LogP contribution < -0.4 is 0 Å². The van der Waals surface area contributed by atoms with Crippen molar-refractivity contribution in [1.82, 2.24) is 0 Å². The van der Waals surface area contributed by atoms with Gasteiger partial charge in [-0.1, -0.05) is 19.4 Å². The van der Waals surface area contributed by atoms with Crippen LogP contribution >= 0.6 is 7.82 Å². The fraction of sp³-hybridized carbons (Fsp3) is 0.750. The predicted molar refractivity (Wildman–Crippen MR) is 51.6 cm³/mol. The van der Waals surface area contributed by atoms with Gasteiger partial charge < -0.3 is 0 Å². The monoisotopic (exact) mass is 208 g/mol. The van der Waals surface area contributed by atoms with Crippen molar-refractivity contribution in [2.75, 3.05) is 20.3 Å². The average Bonchev–Trinajstić information content (AvgIpc) is 2.15. The van der Waals surface area contributed by atoms with Crippen LogP contribution in [0.5, 0.6) is 0 Å². The quantitative estimate of drug-likeness (QED) is 0.349. The minimum Gasteiger partial charge on any atom is -0.290 e. The lowest BCUT2D eigenvalue weighted by Gasteiger charge is -2.14. The lowest BCUT2D eigenvalue weighted by atomic mass is 10.4. The summed E-state index contributed by atoms with van der Waals surface area (Å²) in [6.07, 6.45) is 3.31. The average molecular weight is 208 g/mol. The summed E-state index contributed by atoms with van der Waals surface area (Å²) in [5.74, 6) is 0. The van der Waals surface area contributed by atoms with Crippen LogP contribution in [-0.2, 0) is 18.1 Å². The van der Waals surface area contributed by atoms with Crippen LogP contribution in [0.1, 0.15) is 19.8 Å². The molecule has 78 valence electrons. The summed E-state index contributed by atoms with van der Waals surface area (Å²) in [6, 6.07) is 0. The van der Waals surface area contributed by atoms with Crippen molar-refractivity contribution in [3.05, 3.63) is 12.7 Å². The SMILES string of the molecule is C=CCOP(=O)(OC)OCCCC. The van der Waals surface area contributed by atoms with Crippen LogP contribution in [0.15, 0.2) is 12.7 Å². The predicted octanol–water partition coefficient (Wildman–Crippen LogP) is 2.76. The Morgan fingerprint density at radius 1 is 1.46 bits per heavy atom. The number of rotatable bonds is 8. The topological polar surface area (TPSA) is 44.8 Å². The third-order valence-electron chi connectivity index (χ3n) is 1.32. The van der Waals surface area contributed by atoms with Crippen molar-refractivity contribution in [1.29, 1.82) is 0 Å². The first kappa shape index (κ1) is 12.8. The van der Waals surface area contributed by atoms with Gasteiger partial charge in [0.05, 0.1) is 13.2 Å². The van der Waals surface area contributed by atoms with E-state index < -0.39 is 7.82 Å². The molecule has 0 aliphatic carbocycles. The van der Waals surface area contributed by atoms with Crippen molar-refractivity contribution in [3.63, 3.8) is 0 Å². The van der Waals surface area contributed by atoms with Crippen LogP contribution in [0.25, 0.3) is 0 Å². The molecule has 0 N–H and O–H groups in total. The van der Waals surface area contributed by atoms with Gasteiger partial charge in [0, 0.05) is 7.11 Å². The molecule has 0 amide bonds. The molecule has 0 bridgehead atoms. The maximum atomic E-state index is 11.5. The van der Waals surface area contributed by atoms with E-state index in [-0.39, 0.29) is 6.61 Å². The highest BCUT2D eigenvalue weighted by Crippen LogP contribution is 2.48. The zero-order valence-electron chi connectivity index (χ0n) is 8.19. The van der Waals surface area contributed by atoms with Crippen LogP contribution in [0.3, 0.4) is 0 Å². The molecule has 0 aromatic carbocycles. The van der Waals surface area contributed by atoms with Crippen LogP contribution in [0.2, 0.25) is 0 Å². The van der Waals surface area contributed by atoms with Gasteiger partial charge in [0.25, 0.3) is 0 Å². The maximum Gasteiger partial charge on any atom is 0.474 e. The lowest BCUT2D eigenvalue weighted by molar-refractivity contribution is 0.140. The number of phosphoric acid groups is 1. The first-order valence-electron chi connectivity index (χ1n) is 4.24. The van der Waals surface area contributed by atoms with Gasteiger partial charge in [0.2, 0.25) is 0 Å². The molecule has 0 saturated carbocycles. The highest BCUT2D eigenvalue weighted by Gasteiger charge is 2.23. The maximum absolute atomic E-state index is 11.5. The molecule has 13 heavy (non-hydrogen) atoms. The van der Waals surface area contributed by atoms with E-state index >= 15 is 0 Å². The van der Waals surface area contributed by atoms with Gasteiger partial charge in [0.15, 0.2) is 0 Å². The first-order chi connectivity index (χ1) is 6.18. The van der Waals surface area contributed by atoms with Gasteiger partial charge in [-0.2, -0.15) is 0 Å². The molecule has 0 rings (SSSR count). The van der Waals surface area contributed by atoms with E-state index in [1.807, 2.05) is 6.92 Å². The van der Waals surface area contributed by atoms with Crippen LogP contribution in [0.4, 0.5) is 0 Å². The summed E-state index contributed by atoms with van der Waals surface area (Å²) in [5, 5.41) is 0. The number of hydrogen-bond acceptors (Lipinski definition) is 4. The minimum atomic E-state index is -3.32. The van der Waals surface area contributed by atoms with E-state index in [4.69, 9.17) is 9.05 Å². The van der Waals surface area contributed by atoms with E-state index in [0.29, 0.717) is 6.61 Å². The molecule has 0 fully saturated rings.